The van der Waals surface area contributed by atoms with Gasteiger partial charge in [0.25, 0.3) is 0 Å². The molecule has 0 spiro atoms. The number of hydrogen-bond acceptors (Lipinski definition) is 4. The summed E-state index contributed by atoms with van der Waals surface area (Å²) < 4.78 is 1.66. The summed E-state index contributed by atoms with van der Waals surface area (Å²) >= 11 is 0. The molecule has 0 aromatic carbocycles. The van der Waals surface area contributed by atoms with Gasteiger partial charge in [-0.2, -0.15) is 10.2 Å². The van der Waals surface area contributed by atoms with Gasteiger partial charge in [0.15, 0.2) is 0 Å². The fourth-order valence-electron chi connectivity index (χ4n) is 1.77. The first-order valence-electron chi connectivity index (χ1n) is 5.72. The van der Waals surface area contributed by atoms with E-state index in [0.717, 1.165) is 5.69 Å². The molecule has 0 aliphatic rings. The number of H-pyrrole nitrogens is 1. The zero-order valence-corrected chi connectivity index (χ0v) is 10.4. The summed E-state index contributed by atoms with van der Waals surface area (Å²) in [5.74, 6) is -0.0697. The molecule has 2 aromatic rings. The summed E-state index contributed by atoms with van der Waals surface area (Å²) in [4.78, 5) is 17.7. The molecule has 1 unspecified atom stereocenters. The van der Waals surface area contributed by atoms with Gasteiger partial charge >= 0.3 is 0 Å². The van der Waals surface area contributed by atoms with Gasteiger partial charge in [0.2, 0.25) is 5.91 Å². The quantitative estimate of drug-likeness (QED) is 0.825. The number of rotatable bonds is 5. The summed E-state index contributed by atoms with van der Waals surface area (Å²) in [6.45, 7) is 2.94. The summed E-state index contributed by atoms with van der Waals surface area (Å²) in [6, 6.07) is 1.85. The minimum atomic E-state index is -0.139. The Balaban J connectivity index is 1.89. The average molecular weight is 248 g/mol. The van der Waals surface area contributed by atoms with Gasteiger partial charge in [0.05, 0.1) is 24.7 Å². The Morgan fingerprint density at radius 1 is 1.61 bits per heavy atom. The van der Waals surface area contributed by atoms with E-state index in [9.17, 15) is 4.79 Å². The van der Waals surface area contributed by atoms with Crippen LogP contribution in [0.1, 0.15) is 12.6 Å². The topological polar surface area (TPSA) is 79.7 Å². The maximum Gasteiger partial charge on any atom is 0.227 e. The lowest BCUT2D eigenvalue weighted by atomic mass is 10.1. The molecule has 0 radical (unpaired) electrons. The second kappa shape index (κ2) is 5.44. The number of hydrogen-bond donors (Lipinski definition) is 1. The highest BCUT2D eigenvalue weighted by atomic mass is 16.2. The van der Waals surface area contributed by atoms with Crippen LogP contribution in [0.4, 0.5) is 0 Å². The van der Waals surface area contributed by atoms with Gasteiger partial charge in [0.1, 0.15) is 12.7 Å². The normalized spacial score (nSPS) is 12.3. The number of carbonyl (C=O) groups is 1. The van der Waals surface area contributed by atoms with Crippen molar-refractivity contribution < 1.29 is 4.79 Å². The van der Waals surface area contributed by atoms with Crippen LogP contribution in [0.25, 0.3) is 0 Å². The Bertz CT molecular complexity index is 433. The second-order valence-electron chi connectivity index (χ2n) is 4.29. The van der Waals surface area contributed by atoms with E-state index < -0.39 is 0 Å². The fraction of sp³-hybridized carbons (Fsp3) is 0.455. The van der Waals surface area contributed by atoms with E-state index >= 15 is 0 Å². The van der Waals surface area contributed by atoms with Crippen molar-refractivity contribution in [2.45, 2.75) is 20.0 Å². The van der Waals surface area contributed by atoms with Crippen LogP contribution in [0, 0.1) is 5.92 Å². The van der Waals surface area contributed by atoms with Crippen molar-refractivity contribution in [3.63, 3.8) is 0 Å². The molecule has 1 amide bonds. The maximum atomic E-state index is 12.1. The summed E-state index contributed by atoms with van der Waals surface area (Å²) in [5, 5.41) is 10.7. The zero-order chi connectivity index (χ0) is 13.0. The van der Waals surface area contributed by atoms with Crippen molar-refractivity contribution in [3.8, 4) is 0 Å². The van der Waals surface area contributed by atoms with Crippen LogP contribution in [-0.4, -0.2) is 42.8 Å². The Morgan fingerprint density at radius 2 is 2.44 bits per heavy atom. The van der Waals surface area contributed by atoms with E-state index in [4.69, 9.17) is 0 Å². The molecule has 0 saturated carbocycles. The molecule has 0 bridgehead atoms. The van der Waals surface area contributed by atoms with Crippen LogP contribution >= 0.6 is 0 Å². The summed E-state index contributed by atoms with van der Waals surface area (Å²) in [6.07, 6.45) is 4.75. The van der Waals surface area contributed by atoms with Crippen LogP contribution in [0.15, 0.2) is 24.9 Å². The SMILES string of the molecule is CC(Cn1cncn1)C(=O)N(C)Cc1ccn[nH]1. The van der Waals surface area contributed by atoms with Gasteiger partial charge < -0.3 is 4.90 Å². The van der Waals surface area contributed by atoms with Crippen molar-refractivity contribution in [1.82, 2.24) is 29.9 Å². The number of amides is 1. The first-order valence-corrected chi connectivity index (χ1v) is 5.72. The number of carbonyl (C=O) groups excluding carboxylic acids is 1. The fourth-order valence-corrected chi connectivity index (χ4v) is 1.77. The van der Waals surface area contributed by atoms with E-state index in [1.165, 1.54) is 6.33 Å². The van der Waals surface area contributed by atoms with Crippen molar-refractivity contribution in [1.29, 1.82) is 0 Å². The Morgan fingerprint density at radius 3 is 3.06 bits per heavy atom. The largest absolute Gasteiger partial charge is 0.340 e. The first kappa shape index (κ1) is 12.3. The highest BCUT2D eigenvalue weighted by molar-refractivity contribution is 5.78. The third-order valence-corrected chi connectivity index (χ3v) is 2.69. The summed E-state index contributed by atoms with van der Waals surface area (Å²) in [5.41, 5.74) is 0.916. The third kappa shape index (κ3) is 2.93. The molecular formula is C11H16N6O. The predicted octanol–water partition coefficient (Wildman–Crippen LogP) is 0.296. The minimum Gasteiger partial charge on any atom is -0.340 e. The van der Waals surface area contributed by atoms with Gasteiger partial charge in [-0.05, 0) is 6.07 Å². The lowest BCUT2D eigenvalue weighted by molar-refractivity contribution is -0.134. The molecule has 0 aliphatic heterocycles. The molecule has 1 N–H and O–H groups in total. The molecule has 7 heteroatoms. The number of aromatic amines is 1. The number of aromatic nitrogens is 5. The Hall–Kier alpha value is -2.18. The zero-order valence-electron chi connectivity index (χ0n) is 10.4. The van der Waals surface area contributed by atoms with Gasteiger partial charge in [-0.25, -0.2) is 4.98 Å². The van der Waals surface area contributed by atoms with E-state index in [0.29, 0.717) is 13.1 Å². The first-order chi connectivity index (χ1) is 8.66. The van der Waals surface area contributed by atoms with Gasteiger partial charge in [-0.15, -0.1) is 0 Å². The van der Waals surface area contributed by atoms with E-state index in [2.05, 4.69) is 20.3 Å². The van der Waals surface area contributed by atoms with E-state index in [1.54, 1.807) is 29.2 Å². The lowest BCUT2D eigenvalue weighted by Gasteiger charge is -2.20. The molecular weight excluding hydrogens is 232 g/mol. The van der Waals surface area contributed by atoms with Crippen molar-refractivity contribution in [2.75, 3.05) is 7.05 Å². The van der Waals surface area contributed by atoms with Crippen LogP contribution in [0.3, 0.4) is 0 Å². The summed E-state index contributed by atoms with van der Waals surface area (Å²) in [7, 11) is 1.78. The Labute approximate surface area is 105 Å². The molecule has 1 atom stereocenters. The second-order valence-corrected chi connectivity index (χ2v) is 4.29. The third-order valence-electron chi connectivity index (χ3n) is 2.69. The molecule has 18 heavy (non-hydrogen) atoms. The van der Waals surface area contributed by atoms with Crippen molar-refractivity contribution >= 4 is 5.91 Å². The molecule has 2 rings (SSSR count). The van der Waals surface area contributed by atoms with Gasteiger partial charge in [0, 0.05) is 13.2 Å². The lowest BCUT2D eigenvalue weighted by Crippen LogP contribution is -2.33. The van der Waals surface area contributed by atoms with Gasteiger partial charge in [-0.3, -0.25) is 14.6 Å². The molecule has 0 aliphatic carbocycles. The monoisotopic (exact) mass is 248 g/mol. The van der Waals surface area contributed by atoms with Crippen LogP contribution < -0.4 is 0 Å². The molecule has 7 nitrogen and oxygen atoms in total. The smallest absolute Gasteiger partial charge is 0.227 e. The minimum absolute atomic E-state index is 0.0695. The predicted molar refractivity (Wildman–Crippen MR) is 64.2 cm³/mol. The molecule has 96 valence electrons. The van der Waals surface area contributed by atoms with Crippen LogP contribution in [0.2, 0.25) is 0 Å². The average Bonchev–Trinajstić information content (AvgIpc) is 3.01. The van der Waals surface area contributed by atoms with Gasteiger partial charge in [-0.1, -0.05) is 6.92 Å². The molecule has 0 saturated heterocycles. The Kier molecular flexibility index (Phi) is 3.71. The highest BCUT2D eigenvalue weighted by Crippen LogP contribution is 2.06. The highest BCUT2D eigenvalue weighted by Gasteiger charge is 2.18. The maximum absolute atomic E-state index is 12.1. The van der Waals surface area contributed by atoms with Crippen molar-refractivity contribution in [2.24, 2.45) is 5.92 Å². The standard InChI is InChI=1S/C11H16N6O/c1-9(5-17-8-12-7-14-17)11(18)16(2)6-10-3-4-13-15-10/h3-4,7-9H,5-6H2,1-2H3,(H,13,15). The number of nitrogens with zero attached hydrogens (tertiary/aromatic N) is 5. The number of nitrogens with one attached hydrogen (secondary N) is 1. The van der Waals surface area contributed by atoms with Crippen molar-refractivity contribution in [3.05, 3.63) is 30.6 Å². The van der Waals surface area contributed by atoms with E-state index in [-0.39, 0.29) is 11.8 Å². The molecule has 0 fully saturated rings. The van der Waals surface area contributed by atoms with E-state index in [1.807, 2.05) is 13.0 Å². The molecule has 2 heterocycles. The molecule has 2 aromatic heterocycles. The van der Waals surface area contributed by atoms with Crippen LogP contribution in [0.5, 0.6) is 0 Å². The van der Waals surface area contributed by atoms with Crippen LogP contribution in [-0.2, 0) is 17.9 Å².